The van der Waals surface area contributed by atoms with Crippen LogP contribution in [0, 0.1) is 13.8 Å². The lowest BCUT2D eigenvalue weighted by atomic mass is 9.76. The Morgan fingerprint density at radius 1 is 0.870 bits per heavy atom. The Balaban J connectivity index is 2.25. The third-order valence-corrected chi connectivity index (χ3v) is 4.11. The van der Waals surface area contributed by atoms with Crippen LogP contribution in [0.15, 0.2) is 60.8 Å². The highest BCUT2D eigenvalue weighted by Gasteiger charge is 2.21. The van der Waals surface area contributed by atoms with Crippen LogP contribution in [-0.2, 0) is 0 Å². The Morgan fingerprint density at radius 2 is 1.61 bits per heavy atom. The smallest absolute Gasteiger partial charge is 0.423 e. The molecule has 0 spiro atoms. The van der Waals surface area contributed by atoms with Gasteiger partial charge in [0, 0.05) is 17.2 Å². The number of nitrogens with zero attached hydrogens (tertiary/aromatic N) is 1. The Bertz CT molecular complexity index is 832. The lowest BCUT2D eigenvalue weighted by molar-refractivity contribution is 0.426. The molecule has 3 nitrogen and oxygen atoms in total. The minimum atomic E-state index is -1.54. The second kappa shape index (κ2) is 6.36. The molecule has 0 radical (unpaired) electrons. The third-order valence-electron chi connectivity index (χ3n) is 4.11. The first-order valence-corrected chi connectivity index (χ1v) is 7.56. The minimum Gasteiger partial charge on any atom is -0.423 e. The van der Waals surface area contributed by atoms with Gasteiger partial charge in [-0.2, -0.15) is 0 Å². The van der Waals surface area contributed by atoms with E-state index in [1.54, 1.807) is 18.3 Å². The largest absolute Gasteiger partial charge is 0.490 e. The summed E-state index contributed by atoms with van der Waals surface area (Å²) in [7, 11) is -1.54. The lowest BCUT2D eigenvalue weighted by Crippen LogP contribution is -2.32. The van der Waals surface area contributed by atoms with Crippen LogP contribution in [-0.4, -0.2) is 22.2 Å². The molecule has 2 aromatic carbocycles. The van der Waals surface area contributed by atoms with E-state index in [2.05, 4.69) is 23.2 Å². The molecule has 0 atom stereocenters. The predicted molar refractivity (Wildman–Crippen MR) is 94.4 cm³/mol. The SMILES string of the molecule is Cc1ccc(-c2ccccc2)c(C)c1-c1ncccc1B(O)O. The van der Waals surface area contributed by atoms with Crippen molar-refractivity contribution < 1.29 is 10.0 Å². The fourth-order valence-corrected chi connectivity index (χ4v) is 2.98. The fraction of sp³-hybridized carbons (Fsp3) is 0.105. The molecule has 0 aliphatic heterocycles. The Hall–Kier alpha value is -2.43. The summed E-state index contributed by atoms with van der Waals surface area (Å²) in [6, 6.07) is 17.7. The molecule has 0 saturated heterocycles. The number of aromatic nitrogens is 1. The van der Waals surface area contributed by atoms with Crippen molar-refractivity contribution in [3.63, 3.8) is 0 Å². The second-order valence-corrected chi connectivity index (χ2v) is 5.61. The first-order valence-electron chi connectivity index (χ1n) is 7.56. The van der Waals surface area contributed by atoms with Crippen LogP contribution in [0.1, 0.15) is 11.1 Å². The van der Waals surface area contributed by atoms with Crippen LogP contribution in [0.3, 0.4) is 0 Å². The van der Waals surface area contributed by atoms with E-state index >= 15 is 0 Å². The highest BCUT2D eigenvalue weighted by atomic mass is 16.4. The number of rotatable bonds is 3. The molecule has 3 aromatic rings. The van der Waals surface area contributed by atoms with E-state index in [0.29, 0.717) is 11.2 Å². The first-order chi connectivity index (χ1) is 11.1. The number of hydrogen-bond acceptors (Lipinski definition) is 3. The van der Waals surface area contributed by atoms with Gasteiger partial charge in [0.05, 0.1) is 5.69 Å². The van der Waals surface area contributed by atoms with Crippen LogP contribution < -0.4 is 5.46 Å². The molecular formula is C19H18BNO2. The van der Waals surface area contributed by atoms with E-state index in [9.17, 15) is 10.0 Å². The highest BCUT2D eigenvalue weighted by Crippen LogP contribution is 2.32. The van der Waals surface area contributed by atoms with Crippen molar-refractivity contribution in [2.75, 3.05) is 0 Å². The zero-order chi connectivity index (χ0) is 16.4. The summed E-state index contributed by atoms with van der Waals surface area (Å²) in [5.41, 5.74) is 6.39. The quantitative estimate of drug-likeness (QED) is 0.732. The number of pyridine rings is 1. The van der Waals surface area contributed by atoms with Crippen molar-refractivity contribution >= 4 is 12.6 Å². The summed E-state index contributed by atoms with van der Waals surface area (Å²) in [6.07, 6.45) is 1.68. The van der Waals surface area contributed by atoms with Gasteiger partial charge in [-0.3, -0.25) is 4.98 Å². The zero-order valence-corrected chi connectivity index (χ0v) is 13.2. The summed E-state index contributed by atoms with van der Waals surface area (Å²) < 4.78 is 0. The average molecular weight is 303 g/mol. The molecular weight excluding hydrogens is 285 g/mol. The van der Waals surface area contributed by atoms with Gasteiger partial charge in [-0.15, -0.1) is 0 Å². The lowest BCUT2D eigenvalue weighted by Gasteiger charge is -2.16. The Labute approximate surface area is 136 Å². The van der Waals surface area contributed by atoms with E-state index in [1.165, 1.54) is 0 Å². The number of hydrogen-bond donors (Lipinski definition) is 2. The zero-order valence-electron chi connectivity index (χ0n) is 13.2. The molecule has 114 valence electrons. The number of aryl methyl sites for hydroxylation is 1. The maximum atomic E-state index is 9.65. The summed E-state index contributed by atoms with van der Waals surface area (Å²) in [6.45, 7) is 4.06. The van der Waals surface area contributed by atoms with Crippen molar-refractivity contribution in [1.29, 1.82) is 0 Å². The van der Waals surface area contributed by atoms with Crippen molar-refractivity contribution in [2.45, 2.75) is 13.8 Å². The van der Waals surface area contributed by atoms with Crippen LogP contribution in [0.4, 0.5) is 0 Å². The maximum Gasteiger partial charge on any atom is 0.490 e. The highest BCUT2D eigenvalue weighted by molar-refractivity contribution is 6.60. The molecule has 23 heavy (non-hydrogen) atoms. The van der Waals surface area contributed by atoms with Gasteiger partial charge in [-0.05, 0) is 42.2 Å². The molecule has 0 aliphatic carbocycles. The van der Waals surface area contributed by atoms with E-state index in [4.69, 9.17) is 0 Å². The average Bonchev–Trinajstić information content (AvgIpc) is 2.56. The van der Waals surface area contributed by atoms with E-state index in [1.807, 2.05) is 38.1 Å². The molecule has 4 heteroatoms. The van der Waals surface area contributed by atoms with Crippen LogP contribution in [0.5, 0.6) is 0 Å². The van der Waals surface area contributed by atoms with Crippen molar-refractivity contribution in [3.05, 3.63) is 71.9 Å². The summed E-state index contributed by atoms with van der Waals surface area (Å²) in [5.74, 6) is 0. The van der Waals surface area contributed by atoms with Crippen LogP contribution in [0.2, 0.25) is 0 Å². The van der Waals surface area contributed by atoms with E-state index < -0.39 is 7.12 Å². The normalized spacial score (nSPS) is 10.6. The van der Waals surface area contributed by atoms with Gasteiger partial charge in [0.1, 0.15) is 0 Å². The molecule has 0 amide bonds. The van der Waals surface area contributed by atoms with Crippen molar-refractivity contribution in [2.24, 2.45) is 0 Å². The molecule has 0 fully saturated rings. The van der Waals surface area contributed by atoms with Gasteiger partial charge in [-0.25, -0.2) is 0 Å². The fourth-order valence-electron chi connectivity index (χ4n) is 2.98. The molecule has 0 aliphatic rings. The van der Waals surface area contributed by atoms with Crippen LogP contribution in [0.25, 0.3) is 22.4 Å². The molecule has 2 N–H and O–H groups in total. The van der Waals surface area contributed by atoms with Crippen molar-refractivity contribution in [3.8, 4) is 22.4 Å². The van der Waals surface area contributed by atoms with Gasteiger partial charge in [0.2, 0.25) is 0 Å². The maximum absolute atomic E-state index is 9.65. The number of benzene rings is 2. The van der Waals surface area contributed by atoms with Crippen LogP contribution >= 0.6 is 0 Å². The van der Waals surface area contributed by atoms with Gasteiger partial charge >= 0.3 is 7.12 Å². The van der Waals surface area contributed by atoms with Gasteiger partial charge in [0.15, 0.2) is 0 Å². The Kier molecular flexibility index (Phi) is 4.28. The van der Waals surface area contributed by atoms with Gasteiger partial charge in [0.25, 0.3) is 0 Å². The topological polar surface area (TPSA) is 53.4 Å². The standard InChI is InChI=1S/C19H18BNO2/c1-13-10-11-16(15-7-4-3-5-8-15)14(2)18(13)19-17(20(22)23)9-6-12-21-19/h3-12,22-23H,1-2H3. The summed E-state index contributed by atoms with van der Waals surface area (Å²) >= 11 is 0. The van der Waals surface area contributed by atoms with Crippen molar-refractivity contribution in [1.82, 2.24) is 4.98 Å². The van der Waals surface area contributed by atoms with Gasteiger partial charge in [-0.1, -0.05) is 48.5 Å². The molecule has 3 rings (SSSR count). The van der Waals surface area contributed by atoms with E-state index in [0.717, 1.165) is 27.8 Å². The molecule has 0 bridgehead atoms. The third kappa shape index (κ3) is 2.91. The molecule has 0 unspecified atom stereocenters. The second-order valence-electron chi connectivity index (χ2n) is 5.61. The molecule has 1 aromatic heterocycles. The van der Waals surface area contributed by atoms with Gasteiger partial charge < -0.3 is 10.0 Å². The summed E-state index contributed by atoms with van der Waals surface area (Å²) in [4.78, 5) is 4.41. The molecule has 1 heterocycles. The Morgan fingerprint density at radius 3 is 2.30 bits per heavy atom. The minimum absolute atomic E-state index is 0.420. The predicted octanol–water partition coefficient (Wildman–Crippen LogP) is 2.71. The van der Waals surface area contributed by atoms with E-state index in [-0.39, 0.29) is 0 Å². The molecule has 0 saturated carbocycles. The monoisotopic (exact) mass is 303 g/mol. The first kappa shape index (κ1) is 15.5. The summed E-state index contributed by atoms with van der Waals surface area (Å²) in [5, 5.41) is 19.3.